The molecule has 6 nitrogen and oxygen atoms in total. The molecule has 0 atom stereocenters. The Labute approximate surface area is 145 Å². The number of carbonyl (C=O) groups is 3. The minimum atomic E-state index is -0.430. The fourth-order valence-electron chi connectivity index (χ4n) is 2.57. The van der Waals surface area contributed by atoms with Gasteiger partial charge in [-0.05, 0) is 36.2 Å². The van der Waals surface area contributed by atoms with Crippen LogP contribution in [0.2, 0.25) is 0 Å². The summed E-state index contributed by atoms with van der Waals surface area (Å²) in [6.07, 6.45) is 0.443. The summed E-state index contributed by atoms with van der Waals surface area (Å²) in [6, 6.07) is 11.7. The van der Waals surface area contributed by atoms with Crippen molar-refractivity contribution in [1.82, 2.24) is 5.32 Å². The Bertz CT molecular complexity index is 858. The van der Waals surface area contributed by atoms with Gasteiger partial charge in [-0.2, -0.15) is 0 Å². The lowest BCUT2D eigenvalue weighted by molar-refractivity contribution is -0.116. The van der Waals surface area contributed by atoms with Gasteiger partial charge in [0.2, 0.25) is 5.91 Å². The Kier molecular flexibility index (Phi) is 4.52. The average Bonchev–Trinajstić information content (AvgIpc) is 2.81. The van der Waals surface area contributed by atoms with Crippen LogP contribution in [-0.4, -0.2) is 17.7 Å². The van der Waals surface area contributed by atoms with Crippen LogP contribution in [0.3, 0.4) is 0 Å². The summed E-state index contributed by atoms with van der Waals surface area (Å²) in [5.41, 5.74) is 1.27. The van der Waals surface area contributed by atoms with Gasteiger partial charge >= 0.3 is 0 Å². The summed E-state index contributed by atoms with van der Waals surface area (Å²) in [5, 5.41) is 5.06. The summed E-state index contributed by atoms with van der Waals surface area (Å²) in [6.45, 7) is 3.96. The zero-order valence-electron chi connectivity index (χ0n) is 14.0. The molecule has 0 saturated carbocycles. The Morgan fingerprint density at radius 3 is 2.52 bits per heavy atom. The summed E-state index contributed by atoms with van der Waals surface area (Å²) < 4.78 is 5.75. The molecule has 0 aliphatic carbocycles. The number of amides is 3. The second kappa shape index (κ2) is 6.76. The van der Waals surface area contributed by atoms with Gasteiger partial charge in [-0.25, -0.2) is 0 Å². The van der Waals surface area contributed by atoms with Crippen molar-refractivity contribution < 1.29 is 19.1 Å². The van der Waals surface area contributed by atoms with Crippen LogP contribution in [0, 0.1) is 5.92 Å². The number of benzene rings is 2. The maximum Gasteiger partial charge on any atom is 0.259 e. The second-order valence-corrected chi connectivity index (χ2v) is 6.27. The van der Waals surface area contributed by atoms with E-state index in [0.29, 0.717) is 34.7 Å². The van der Waals surface area contributed by atoms with Crippen LogP contribution in [-0.2, 0) is 4.79 Å². The number of nitrogens with one attached hydrogen (secondary N) is 2. The maximum atomic E-state index is 11.9. The Morgan fingerprint density at radius 1 is 1.04 bits per heavy atom. The molecule has 0 spiro atoms. The third kappa shape index (κ3) is 3.85. The van der Waals surface area contributed by atoms with Crippen LogP contribution < -0.4 is 15.4 Å². The standard InChI is InChI=1S/C19H18N2O4/c1-11(2)8-17(22)20-12-4-3-5-13(9-12)25-14-6-7-15-16(10-14)19(24)21-18(15)23/h3-7,9-11H,8H2,1-2H3,(H,20,22)(H,21,23,24). The molecule has 25 heavy (non-hydrogen) atoms. The van der Waals surface area contributed by atoms with Gasteiger partial charge in [0, 0.05) is 18.2 Å². The van der Waals surface area contributed by atoms with Crippen LogP contribution >= 0.6 is 0 Å². The zero-order chi connectivity index (χ0) is 18.0. The van der Waals surface area contributed by atoms with Gasteiger partial charge in [-0.15, -0.1) is 0 Å². The van der Waals surface area contributed by atoms with Crippen LogP contribution in [0.25, 0.3) is 0 Å². The van der Waals surface area contributed by atoms with Crippen molar-refractivity contribution in [2.24, 2.45) is 5.92 Å². The van der Waals surface area contributed by atoms with E-state index in [-0.39, 0.29) is 11.8 Å². The summed E-state index contributed by atoms with van der Waals surface area (Å²) in [7, 11) is 0. The third-order valence-electron chi connectivity index (χ3n) is 3.65. The van der Waals surface area contributed by atoms with Crippen molar-refractivity contribution >= 4 is 23.4 Å². The van der Waals surface area contributed by atoms with E-state index in [1.54, 1.807) is 36.4 Å². The predicted molar refractivity (Wildman–Crippen MR) is 92.8 cm³/mol. The molecule has 1 aliphatic heterocycles. The van der Waals surface area contributed by atoms with Gasteiger partial charge < -0.3 is 10.1 Å². The second-order valence-electron chi connectivity index (χ2n) is 6.27. The first-order chi connectivity index (χ1) is 11.9. The highest BCUT2D eigenvalue weighted by molar-refractivity contribution is 6.21. The Hall–Kier alpha value is -3.15. The molecular weight excluding hydrogens is 320 g/mol. The van der Waals surface area contributed by atoms with Crippen molar-refractivity contribution in [2.45, 2.75) is 20.3 Å². The minimum absolute atomic E-state index is 0.0557. The molecule has 0 unspecified atom stereocenters. The molecule has 6 heteroatoms. The molecule has 2 aromatic rings. The van der Waals surface area contributed by atoms with Crippen molar-refractivity contribution in [3.05, 3.63) is 53.6 Å². The molecule has 0 aromatic heterocycles. The van der Waals surface area contributed by atoms with E-state index < -0.39 is 11.8 Å². The lowest BCUT2D eigenvalue weighted by Gasteiger charge is -2.10. The minimum Gasteiger partial charge on any atom is -0.457 e. The van der Waals surface area contributed by atoms with E-state index in [1.165, 1.54) is 6.07 Å². The van der Waals surface area contributed by atoms with Crippen molar-refractivity contribution in [1.29, 1.82) is 0 Å². The number of carbonyl (C=O) groups excluding carboxylic acids is 3. The first-order valence-corrected chi connectivity index (χ1v) is 8.00. The van der Waals surface area contributed by atoms with Gasteiger partial charge in [0.05, 0.1) is 11.1 Å². The van der Waals surface area contributed by atoms with Crippen molar-refractivity contribution in [2.75, 3.05) is 5.32 Å². The molecule has 128 valence electrons. The Morgan fingerprint density at radius 2 is 1.76 bits per heavy atom. The monoisotopic (exact) mass is 338 g/mol. The zero-order valence-corrected chi connectivity index (χ0v) is 14.0. The lowest BCUT2D eigenvalue weighted by atomic mass is 10.1. The number of hydrogen-bond acceptors (Lipinski definition) is 4. The molecule has 0 radical (unpaired) electrons. The highest BCUT2D eigenvalue weighted by atomic mass is 16.5. The number of ether oxygens (including phenoxy) is 1. The third-order valence-corrected chi connectivity index (χ3v) is 3.65. The Balaban J connectivity index is 1.75. The van der Waals surface area contributed by atoms with Crippen molar-refractivity contribution in [3.8, 4) is 11.5 Å². The summed E-state index contributed by atoms with van der Waals surface area (Å²) in [4.78, 5) is 35.1. The van der Waals surface area contributed by atoms with E-state index in [0.717, 1.165) is 0 Å². The molecule has 1 aliphatic rings. The van der Waals surface area contributed by atoms with E-state index >= 15 is 0 Å². The highest BCUT2D eigenvalue weighted by Gasteiger charge is 2.26. The highest BCUT2D eigenvalue weighted by Crippen LogP contribution is 2.27. The average molecular weight is 338 g/mol. The molecule has 0 saturated heterocycles. The van der Waals surface area contributed by atoms with E-state index in [2.05, 4.69) is 10.6 Å². The molecule has 2 N–H and O–H groups in total. The van der Waals surface area contributed by atoms with Crippen LogP contribution in [0.1, 0.15) is 41.0 Å². The number of hydrogen-bond donors (Lipinski definition) is 2. The molecule has 0 fully saturated rings. The lowest BCUT2D eigenvalue weighted by Crippen LogP contribution is -2.19. The molecule has 3 rings (SSSR count). The fourth-order valence-corrected chi connectivity index (χ4v) is 2.57. The number of imide groups is 1. The normalized spacial score (nSPS) is 12.8. The first-order valence-electron chi connectivity index (χ1n) is 8.00. The molecule has 2 aromatic carbocycles. The predicted octanol–water partition coefficient (Wildman–Crippen LogP) is 3.35. The van der Waals surface area contributed by atoms with Gasteiger partial charge in [0.1, 0.15) is 11.5 Å². The van der Waals surface area contributed by atoms with Gasteiger partial charge in [-0.1, -0.05) is 19.9 Å². The summed E-state index contributed by atoms with van der Waals surface area (Å²) >= 11 is 0. The van der Waals surface area contributed by atoms with Crippen LogP contribution in [0.15, 0.2) is 42.5 Å². The number of fused-ring (bicyclic) bond motifs is 1. The quantitative estimate of drug-likeness (QED) is 0.819. The molecule has 3 amide bonds. The van der Waals surface area contributed by atoms with E-state index in [9.17, 15) is 14.4 Å². The van der Waals surface area contributed by atoms with Gasteiger partial charge in [0.25, 0.3) is 11.8 Å². The largest absolute Gasteiger partial charge is 0.457 e. The topological polar surface area (TPSA) is 84.5 Å². The van der Waals surface area contributed by atoms with E-state index in [1.807, 2.05) is 13.8 Å². The first kappa shape index (κ1) is 16.7. The SMILES string of the molecule is CC(C)CC(=O)Nc1cccc(Oc2ccc3c(c2)C(=O)NC3=O)c1. The fraction of sp³-hybridized carbons (Fsp3) is 0.211. The molecular formula is C19H18N2O4. The van der Waals surface area contributed by atoms with Crippen molar-refractivity contribution in [3.63, 3.8) is 0 Å². The summed E-state index contributed by atoms with van der Waals surface area (Å²) in [5.74, 6) is 0.349. The van der Waals surface area contributed by atoms with Gasteiger partial charge in [-0.3, -0.25) is 19.7 Å². The van der Waals surface area contributed by atoms with Crippen LogP contribution in [0.5, 0.6) is 11.5 Å². The smallest absolute Gasteiger partial charge is 0.259 e. The molecule has 0 bridgehead atoms. The number of anilines is 1. The van der Waals surface area contributed by atoms with E-state index in [4.69, 9.17) is 4.74 Å². The maximum absolute atomic E-state index is 11.9. The van der Waals surface area contributed by atoms with Crippen LogP contribution in [0.4, 0.5) is 5.69 Å². The number of rotatable bonds is 5. The molecule has 1 heterocycles. The van der Waals surface area contributed by atoms with Gasteiger partial charge in [0.15, 0.2) is 0 Å².